The molecule has 0 radical (unpaired) electrons. The molecule has 84 valence electrons. The Balaban J connectivity index is 0.000000531. The Morgan fingerprint density at radius 2 is 1.93 bits per heavy atom. The molecule has 15 heavy (non-hydrogen) atoms. The molecule has 0 spiro atoms. The highest BCUT2D eigenvalue weighted by atomic mass is 32.2. The maximum atomic E-state index is 11.5. The molecule has 1 aromatic rings. The first-order valence-electron chi connectivity index (χ1n) is 5.39. The van der Waals surface area contributed by atoms with E-state index in [4.69, 9.17) is 4.78 Å². The van der Waals surface area contributed by atoms with Crippen LogP contribution < -0.4 is 0 Å². The monoisotopic (exact) mass is 225 g/mol. The van der Waals surface area contributed by atoms with Crippen LogP contribution >= 0.6 is 0 Å². The minimum Gasteiger partial charge on any atom is -0.253 e. The first kappa shape index (κ1) is 12.2. The number of hydrogen-bond donors (Lipinski definition) is 1. The van der Waals surface area contributed by atoms with Gasteiger partial charge in [-0.05, 0) is 24.5 Å². The largest absolute Gasteiger partial charge is 0.253 e. The van der Waals surface area contributed by atoms with E-state index in [1.807, 2.05) is 20.8 Å². The molecule has 0 aromatic heterocycles. The van der Waals surface area contributed by atoms with Gasteiger partial charge >= 0.3 is 0 Å². The summed E-state index contributed by atoms with van der Waals surface area (Å²) in [4.78, 5) is 0. The third kappa shape index (κ3) is 3.06. The van der Waals surface area contributed by atoms with E-state index < -0.39 is 9.73 Å². The zero-order valence-corrected chi connectivity index (χ0v) is 10.5. The minimum absolute atomic E-state index is 0.448. The van der Waals surface area contributed by atoms with E-state index in [1.54, 1.807) is 0 Å². The van der Waals surface area contributed by atoms with Crippen LogP contribution in [0.2, 0.25) is 0 Å². The first-order valence-corrected chi connectivity index (χ1v) is 7.29. The molecule has 1 N–H and O–H groups in total. The predicted octanol–water partition coefficient (Wildman–Crippen LogP) is 3.12. The van der Waals surface area contributed by atoms with Gasteiger partial charge in [-0.15, -0.1) is 0 Å². The highest BCUT2D eigenvalue weighted by Gasteiger charge is 2.17. The molecule has 1 aromatic carbocycles. The van der Waals surface area contributed by atoms with Crippen molar-refractivity contribution >= 4 is 9.73 Å². The Morgan fingerprint density at radius 3 is 2.60 bits per heavy atom. The van der Waals surface area contributed by atoms with E-state index in [-0.39, 0.29) is 0 Å². The van der Waals surface area contributed by atoms with Gasteiger partial charge in [0.2, 0.25) is 0 Å². The van der Waals surface area contributed by atoms with E-state index in [9.17, 15) is 4.21 Å². The molecule has 3 heteroatoms. The fourth-order valence-corrected chi connectivity index (χ4v) is 3.20. The third-order valence-electron chi connectivity index (χ3n) is 2.45. The van der Waals surface area contributed by atoms with Gasteiger partial charge in [0.25, 0.3) is 0 Å². The highest BCUT2D eigenvalue weighted by molar-refractivity contribution is 7.91. The van der Waals surface area contributed by atoms with Gasteiger partial charge in [-0.3, -0.25) is 4.78 Å². The average molecular weight is 225 g/mol. The fourth-order valence-electron chi connectivity index (χ4n) is 1.73. The van der Waals surface area contributed by atoms with Gasteiger partial charge < -0.3 is 0 Å². The van der Waals surface area contributed by atoms with E-state index in [1.165, 1.54) is 11.1 Å². The van der Waals surface area contributed by atoms with Crippen LogP contribution in [0.15, 0.2) is 18.2 Å². The maximum Gasteiger partial charge on any atom is 0.0569 e. The number of fused-ring (bicyclic) bond motifs is 1. The molecule has 0 amide bonds. The van der Waals surface area contributed by atoms with Crippen molar-refractivity contribution in [2.24, 2.45) is 0 Å². The number of hydrogen-bond acceptors (Lipinski definition) is 2. The summed E-state index contributed by atoms with van der Waals surface area (Å²) in [5, 5.41) is 0. The molecule has 0 bridgehead atoms. The summed E-state index contributed by atoms with van der Waals surface area (Å²) >= 11 is 0. The molecule has 1 heterocycles. The number of benzene rings is 1. The number of nitrogens with one attached hydrogen (secondary N) is 1. The van der Waals surface area contributed by atoms with Crippen LogP contribution in [0, 0.1) is 11.7 Å². The third-order valence-corrected chi connectivity index (χ3v) is 4.09. The van der Waals surface area contributed by atoms with Gasteiger partial charge in [0.1, 0.15) is 0 Å². The van der Waals surface area contributed by atoms with Crippen LogP contribution in [-0.2, 0) is 21.9 Å². The van der Waals surface area contributed by atoms with Crippen molar-refractivity contribution < 1.29 is 4.21 Å². The molecule has 1 aliphatic rings. The topological polar surface area (TPSA) is 40.9 Å². The molecular formula is C12H19NOS. The van der Waals surface area contributed by atoms with Gasteiger partial charge in [0.05, 0.1) is 5.75 Å². The Bertz CT molecular complexity index is 435. The highest BCUT2D eigenvalue weighted by Crippen LogP contribution is 2.21. The lowest BCUT2D eigenvalue weighted by molar-refractivity contribution is 0.670. The van der Waals surface area contributed by atoms with Crippen LogP contribution in [0.5, 0.6) is 0 Å². The number of rotatable bonds is 0. The molecule has 2 rings (SSSR count). The van der Waals surface area contributed by atoms with Crippen molar-refractivity contribution in [2.75, 3.05) is 5.75 Å². The second-order valence-corrected chi connectivity index (χ2v) is 6.00. The standard InChI is InChI=1S/C10H13NOS.C2H6/c1-8-2-3-9-4-5-13(11,12)7-10(9)6-8;1-2/h2-3,6,11H,4-5,7H2,1H3;1-2H3. The Morgan fingerprint density at radius 1 is 1.27 bits per heavy atom. The van der Waals surface area contributed by atoms with Crippen LogP contribution in [0.3, 0.4) is 0 Å². The first-order chi connectivity index (χ1) is 7.07. The molecule has 0 fully saturated rings. The lowest BCUT2D eigenvalue weighted by atomic mass is 10.0. The smallest absolute Gasteiger partial charge is 0.0569 e. The molecule has 1 atom stereocenters. The second-order valence-electron chi connectivity index (χ2n) is 3.68. The maximum absolute atomic E-state index is 11.5. The minimum atomic E-state index is -2.31. The van der Waals surface area contributed by atoms with Gasteiger partial charge in [0.15, 0.2) is 0 Å². The molecule has 1 aliphatic heterocycles. The van der Waals surface area contributed by atoms with Gasteiger partial charge in [-0.2, -0.15) is 0 Å². The second kappa shape index (κ2) is 4.79. The summed E-state index contributed by atoms with van der Waals surface area (Å²) in [7, 11) is -2.31. The van der Waals surface area contributed by atoms with Gasteiger partial charge in [0, 0.05) is 15.5 Å². The van der Waals surface area contributed by atoms with E-state index in [2.05, 4.69) is 18.2 Å². The molecule has 0 aliphatic carbocycles. The van der Waals surface area contributed by atoms with Crippen molar-refractivity contribution in [2.45, 2.75) is 32.9 Å². The summed E-state index contributed by atoms with van der Waals surface area (Å²) in [6, 6.07) is 6.23. The van der Waals surface area contributed by atoms with E-state index in [0.717, 1.165) is 12.0 Å². The van der Waals surface area contributed by atoms with Crippen LogP contribution in [-0.4, -0.2) is 9.96 Å². The van der Waals surface area contributed by atoms with E-state index in [0.29, 0.717) is 11.5 Å². The van der Waals surface area contributed by atoms with Crippen LogP contribution in [0.4, 0.5) is 0 Å². The number of aryl methyl sites for hydroxylation is 2. The Hall–Kier alpha value is -0.830. The molecule has 1 unspecified atom stereocenters. The van der Waals surface area contributed by atoms with Crippen molar-refractivity contribution in [1.29, 1.82) is 4.78 Å². The zero-order chi connectivity index (χ0) is 11.5. The van der Waals surface area contributed by atoms with Crippen molar-refractivity contribution in [3.8, 4) is 0 Å². The summed E-state index contributed by atoms with van der Waals surface area (Å²) in [6.45, 7) is 6.03. The summed E-state index contributed by atoms with van der Waals surface area (Å²) in [5.41, 5.74) is 3.58. The summed E-state index contributed by atoms with van der Waals surface area (Å²) in [6.07, 6.45) is 0.804. The van der Waals surface area contributed by atoms with Crippen molar-refractivity contribution in [3.63, 3.8) is 0 Å². The summed E-state index contributed by atoms with van der Waals surface area (Å²) in [5.74, 6) is 0.979. The normalized spacial score (nSPS) is 23.7. The van der Waals surface area contributed by atoms with Crippen LogP contribution in [0.25, 0.3) is 0 Å². The van der Waals surface area contributed by atoms with Gasteiger partial charge in [-0.1, -0.05) is 37.6 Å². The predicted molar refractivity (Wildman–Crippen MR) is 65.7 cm³/mol. The fraction of sp³-hybridized carbons (Fsp3) is 0.500. The molecule has 0 saturated heterocycles. The summed E-state index contributed by atoms with van der Waals surface area (Å²) < 4.78 is 19.1. The molecular weight excluding hydrogens is 206 g/mol. The lowest BCUT2D eigenvalue weighted by Gasteiger charge is -2.18. The molecule has 2 nitrogen and oxygen atoms in total. The van der Waals surface area contributed by atoms with E-state index >= 15 is 0 Å². The van der Waals surface area contributed by atoms with Gasteiger partial charge in [-0.25, -0.2) is 4.21 Å². The Labute approximate surface area is 92.7 Å². The quantitative estimate of drug-likeness (QED) is 0.724. The van der Waals surface area contributed by atoms with Crippen molar-refractivity contribution in [1.82, 2.24) is 0 Å². The zero-order valence-electron chi connectivity index (χ0n) is 9.67. The SMILES string of the molecule is CC.Cc1ccc2c(c1)CS(=N)(=O)CC2. The lowest BCUT2D eigenvalue weighted by Crippen LogP contribution is -2.17. The van der Waals surface area contributed by atoms with Crippen LogP contribution in [0.1, 0.15) is 30.5 Å². The Kier molecular flexibility index (Phi) is 3.91. The molecule has 0 saturated carbocycles. The van der Waals surface area contributed by atoms with Crippen molar-refractivity contribution in [3.05, 3.63) is 34.9 Å². The average Bonchev–Trinajstić information content (AvgIpc) is 2.19.